The summed E-state index contributed by atoms with van der Waals surface area (Å²) in [6, 6.07) is 0. The van der Waals surface area contributed by atoms with Crippen molar-refractivity contribution in [1.82, 2.24) is 0 Å². The fourth-order valence-corrected chi connectivity index (χ4v) is 1.44. The van der Waals surface area contributed by atoms with E-state index in [-0.39, 0.29) is 6.61 Å². The molecule has 6 atom stereocenters. The zero-order valence-electron chi connectivity index (χ0n) is 9.13. The first-order valence-electron chi connectivity index (χ1n) is 5.07. The first-order valence-corrected chi connectivity index (χ1v) is 5.07. The van der Waals surface area contributed by atoms with Crippen LogP contribution in [0.25, 0.3) is 0 Å². The highest BCUT2D eigenvalue weighted by Crippen LogP contribution is 2.23. The van der Waals surface area contributed by atoms with Crippen molar-refractivity contribution >= 4 is 5.97 Å². The van der Waals surface area contributed by atoms with Crippen LogP contribution in [0.3, 0.4) is 0 Å². The Labute approximate surface area is 97.0 Å². The van der Waals surface area contributed by atoms with Crippen LogP contribution in [-0.2, 0) is 14.3 Å². The Morgan fingerprint density at radius 2 is 1.88 bits per heavy atom. The number of ether oxygens (including phenoxy) is 2. The Kier molecular flexibility index (Phi) is 4.80. The summed E-state index contributed by atoms with van der Waals surface area (Å²) in [7, 11) is 0. The van der Waals surface area contributed by atoms with Crippen molar-refractivity contribution in [2.24, 2.45) is 0 Å². The van der Waals surface area contributed by atoms with Gasteiger partial charge in [-0.15, -0.1) is 0 Å². The van der Waals surface area contributed by atoms with Gasteiger partial charge in [-0.3, -0.25) is 0 Å². The monoisotopic (exact) mass is 252 g/mol. The maximum absolute atomic E-state index is 10.7. The molecule has 0 radical (unpaired) electrons. The largest absolute Gasteiger partial charge is 0.479 e. The normalized spacial score (nSPS) is 39.9. The highest BCUT2D eigenvalue weighted by molar-refractivity contribution is 5.73. The van der Waals surface area contributed by atoms with Gasteiger partial charge in [0.1, 0.15) is 18.3 Å². The second-order valence-corrected chi connectivity index (χ2v) is 3.86. The van der Waals surface area contributed by atoms with Crippen molar-refractivity contribution in [2.45, 2.75) is 43.7 Å². The van der Waals surface area contributed by atoms with E-state index in [9.17, 15) is 20.1 Å². The minimum Gasteiger partial charge on any atom is -0.479 e. The van der Waals surface area contributed by atoms with Crippen LogP contribution in [0.2, 0.25) is 0 Å². The van der Waals surface area contributed by atoms with Crippen LogP contribution in [0.4, 0.5) is 0 Å². The minimum absolute atomic E-state index is 0.358. The van der Waals surface area contributed by atoms with Gasteiger partial charge in [0.25, 0.3) is 0 Å². The first-order chi connectivity index (χ1) is 7.88. The fourth-order valence-electron chi connectivity index (χ4n) is 1.44. The van der Waals surface area contributed by atoms with Crippen molar-refractivity contribution in [3.8, 4) is 0 Å². The van der Waals surface area contributed by atoms with Gasteiger partial charge in [0.05, 0.1) is 12.7 Å². The Morgan fingerprint density at radius 1 is 1.29 bits per heavy atom. The summed E-state index contributed by atoms with van der Waals surface area (Å²) >= 11 is 0. The standard InChI is InChI=1S/C9H16O8/c1-3(2-10)16-9-6(13)4(11)5(12)7(17-9)8(14)15/h3-7,9-13H,2H2,1H3,(H,14,15)/t3?,4?,5-,6+,7?,9+/m1/s1. The topological polar surface area (TPSA) is 137 Å². The number of carboxylic acids is 1. The van der Waals surface area contributed by atoms with Gasteiger partial charge in [0, 0.05) is 0 Å². The number of carbonyl (C=O) groups is 1. The average Bonchev–Trinajstić information content (AvgIpc) is 2.29. The summed E-state index contributed by atoms with van der Waals surface area (Å²) in [6.45, 7) is 1.12. The number of hydrogen-bond donors (Lipinski definition) is 5. The van der Waals surface area contributed by atoms with E-state index in [1.54, 1.807) is 0 Å². The lowest BCUT2D eigenvalue weighted by Gasteiger charge is -2.39. The van der Waals surface area contributed by atoms with E-state index in [2.05, 4.69) is 0 Å². The molecule has 0 aromatic rings. The quantitative estimate of drug-likeness (QED) is 0.364. The SMILES string of the molecule is CC(CO)O[C@H]1OC(C(=O)O)[C@H](O)C(O)[C@@H]1O. The number of aliphatic hydroxyl groups excluding tert-OH is 4. The van der Waals surface area contributed by atoms with Gasteiger partial charge in [-0.25, -0.2) is 4.79 Å². The van der Waals surface area contributed by atoms with Crippen LogP contribution in [0.1, 0.15) is 6.92 Å². The van der Waals surface area contributed by atoms with Crippen LogP contribution in [-0.4, -0.2) is 74.9 Å². The second-order valence-electron chi connectivity index (χ2n) is 3.86. The maximum Gasteiger partial charge on any atom is 0.335 e. The Bertz CT molecular complexity index is 270. The minimum atomic E-state index is -1.74. The molecule has 0 aromatic carbocycles. The first kappa shape index (κ1) is 14.3. The number of aliphatic hydroxyl groups is 4. The lowest BCUT2D eigenvalue weighted by molar-refractivity contribution is -0.304. The van der Waals surface area contributed by atoms with Crippen molar-refractivity contribution in [3.63, 3.8) is 0 Å². The van der Waals surface area contributed by atoms with Crippen LogP contribution >= 0.6 is 0 Å². The summed E-state index contributed by atoms with van der Waals surface area (Å²) in [6.07, 6.45) is -8.84. The molecule has 0 bridgehead atoms. The molecule has 8 nitrogen and oxygen atoms in total. The molecule has 5 N–H and O–H groups in total. The van der Waals surface area contributed by atoms with E-state index >= 15 is 0 Å². The lowest BCUT2D eigenvalue weighted by Crippen LogP contribution is -2.60. The van der Waals surface area contributed by atoms with Crippen molar-refractivity contribution in [2.75, 3.05) is 6.61 Å². The molecule has 1 aliphatic rings. The molecule has 0 aliphatic carbocycles. The van der Waals surface area contributed by atoms with Gasteiger partial charge in [-0.05, 0) is 6.92 Å². The smallest absolute Gasteiger partial charge is 0.335 e. The van der Waals surface area contributed by atoms with E-state index in [0.717, 1.165) is 0 Å². The number of carboxylic acid groups (broad SMARTS) is 1. The third-order valence-electron chi connectivity index (χ3n) is 2.44. The summed E-state index contributed by atoms with van der Waals surface area (Å²) in [5.74, 6) is -1.48. The molecular formula is C9H16O8. The highest BCUT2D eigenvalue weighted by atomic mass is 16.7. The Balaban J connectivity index is 2.74. The summed E-state index contributed by atoms with van der Waals surface area (Å²) in [5, 5.41) is 45.8. The van der Waals surface area contributed by atoms with Crippen LogP contribution in [0.15, 0.2) is 0 Å². The van der Waals surface area contributed by atoms with Gasteiger partial charge < -0.3 is 35.0 Å². The van der Waals surface area contributed by atoms with E-state index in [1.165, 1.54) is 6.92 Å². The Hall–Kier alpha value is -0.770. The lowest BCUT2D eigenvalue weighted by atomic mass is 9.99. The average molecular weight is 252 g/mol. The van der Waals surface area contributed by atoms with Gasteiger partial charge in [-0.1, -0.05) is 0 Å². The molecule has 0 amide bonds. The maximum atomic E-state index is 10.7. The number of rotatable bonds is 4. The number of hydrogen-bond acceptors (Lipinski definition) is 7. The molecule has 1 heterocycles. The predicted molar refractivity (Wildman–Crippen MR) is 52.0 cm³/mol. The Morgan fingerprint density at radius 3 is 2.35 bits per heavy atom. The third-order valence-corrected chi connectivity index (χ3v) is 2.44. The molecular weight excluding hydrogens is 236 g/mol. The van der Waals surface area contributed by atoms with Crippen molar-refractivity contribution in [3.05, 3.63) is 0 Å². The highest BCUT2D eigenvalue weighted by Gasteiger charge is 2.47. The zero-order valence-corrected chi connectivity index (χ0v) is 9.13. The predicted octanol–water partition coefficient (Wildman–Crippen LogP) is -2.72. The third kappa shape index (κ3) is 3.12. The summed E-state index contributed by atoms with van der Waals surface area (Å²) < 4.78 is 9.82. The molecule has 0 aromatic heterocycles. The molecule has 100 valence electrons. The van der Waals surface area contributed by atoms with Gasteiger partial charge in [0.2, 0.25) is 0 Å². The van der Waals surface area contributed by atoms with Crippen LogP contribution in [0.5, 0.6) is 0 Å². The molecule has 1 saturated heterocycles. The van der Waals surface area contributed by atoms with Gasteiger partial charge in [-0.2, -0.15) is 0 Å². The molecule has 1 fully saturated rings. The molecule has 1 rings (SSSR count). The number of aliphatic carboxylic acids is 1. The van der Waals surface area contributed by atoms with Gasteiger partial charge in [0.15, 0.2) is 12.4 Å². The summed E-state index contributed by atoms with van der Waals surface area (Å²) in [4.78, 5) is 10.7. The van der Waals surface area contributed by atoms with Crippen molar-refractivity contribution < 1.29 is 39.8 Å². The van der Waals surface area contributed by atoms with E-state index in [4.69, 9.17) is 19.7 Å². The molecule has 1 aliphatic heterocycles. The van der Waals surface area contributed by atoms with Crippen LogP contribution < -0.4 is 0 Å². The zero-order chi connectivity index (χ0) is 13.2. The molecule has 17 heavy (non-hydrogen) atoms. The molecule has 3 unspecified atom stereocenters. The van der Waals surface area contributed by atoms with E-state index in [1.807, 2.05) is 0 Å². The fraction of sp³-hybridized carbons (Fsp3) is 0.889. The van der Waals surface area contributed by atoms with Crippen molar-refractivity contribution in [1.29, 1.82) is 0 Å². The van der Waals surface area contributed by atoms with Crippen LogP contribution in [0, 0.1) is 0 Å². The summed E-state index contributed by atoms with van der Waals surface area (Å²) in [5.41, 5.74) is 0. The molecule has 8 heteroatoms. The van der Waals surface area contributed by atoms with Gasteiger partial charge >= 0.3 is 5.97 Å². The molecule has 0 spiro atoms. The van der Waals surface area contributed by atoms with E-state index < -0.39 is 42.8 Å². The van der Waals surface area contributed by atoms with E-state index in [0.29, 0.717) is 0 Å². The second kappa shape index (κ2) is 5.71. The molecule has 0 saturated carbocycles.